The third kappa shape index (κ3) is 3.38. The Kier molecular flexibility index (Phi) is 4.67. The molecule has 2 heterocycles. The molecule has 1 aromatic rings. The van der Waals surface area contributed by atoms with E-state index in [-0.39, 0.29) is 5.56 Å². The molecular formula is C11H14F3N3OS. The summed E-state index contributed by atoms with van der Waals surface area (Å²) in [5.41, 5.74) is 1.71. The summed E-state index contributed by atoms with van der Waals surface area (Å²) in [6, 6.07) is 0.230. The van der Waals surface area contributed by atoms with Gasteiger partial charge in [-0.1, -0.05) is 0 Å². The summed E-state index contributed by atoms with van der Waals surface area (Å²) in [6.07, 6.45) is -2.52. The van der Waals surface area contributed by atoms with E-state index in [9.17, 15) is 13.2 Å². The first-order chi connectivity index (χ1) is 9.04. The zero-order valence-corrected chi connectivity index (χ0v) is 10.8. The molecule has 0 saturated carbocycles. The topological polar surface area (TPSA) is 60.2 Å². The number of aromatic nitrogens is 1. The lowest BCUT2D eigenvalue weighted by Crippen LogP contribution is -2.42. The van der Waals surface area contributed by atoms with Gasteiger partial charge >= 0.3 is 6.18 Å². The lowest BCUT2D eigenvalue weighted by atomic mass is 9.99. The van der Waals surface area contributed by atoms with Gasteiger partial charge in [-0.3, -0.25) is 16.3 Å². The Balaban J connectivity index is 2.32. The largest absolute Gasteiger partial charge is 0.416 e. The average molecular weight is 293 g/mol. The molecule has 2 unspecified atom stereocenters. The number of halogens is 3. The number of hydrogen-bond donors (Lipinski definition) is 2. The van der Waals surface area contributed by atoms with Gasteiger partial charge in [-0.15, -0.1) is 0 Å². The van der Waals surface area contributed by atoms with E-state index in [1.807, 2.05) is 0 Å². The Bertz CT molecular complexity index is 424. The van der Waals surface area contributed by atoms with Crippen molar-refractivity contribution in [1.29, 1.82) is 0 Å². The van der Waals surface area contributed by atoms with Crippen LogP contribution < -0.4 is 11.3 Å². The van der Waals surface area contributed by atoms with Crippen molar-refractivity contribution in [2.75, 3.05) is 18.1 Å². The van der Waals surface area contributed by atoms with Gasteiger partial charge in [-0.2, -0.15) is 24.9 Å². The molecule has 0 aromatic carbocycles. The van der Waals surface area contributed by atoms with Crippen LogP contribution in [0.1, 0.15) is 17.2 Å². The van der Waals surface area contributed by atoms with Crippen LogP contribution in [0.4, 0.5) is 13.2 Å². The van der Waals surface area contributed by atoms with Gasteiger partial charge < -0.3 is 4.74 Å². The quantitative estimate of drug-likeness (QED) is 0.656. The molecule has 1 aromatic heterocycles. The van der Waals surface area contributed by atoms with E-state index in [1.54, 1.807) is 11.8 Å². The third-order valence-electron chi connectivity index (χ3n) is 2.89. The van der Waals surface area contributed by atoms with Gasteiger partial charge in [-0.05, 0) is 6.07 Å². The Morgan fingerprint density at radius 3 is 2.89 bits per heavy atom. The minimum absolute atomic E-state index is 0.0185. The zero-order chi connectivity index (χ0) is 13.9. The fourth-order valence-corrected chi connectivity index (χ4v) is 2.91. The SMILES string of the molecule is NNC(c1cnccc1C(F)(F)F)C1CSCCO1. The minimum Gasteiger partial charge on any atom is -0.374 e. The van der Waals surface area contributed by atoms with Crippen LogP contribution in [0.5, 0.6) is 0 Å². The molecule has 8 heteroatoms. The summed E-state index contributed by atoms with van der Waals surface area (Å²) in [6.45, 7) is 0.509. The molecule has 0 amide bonds. The second-order valence-electron chi connectivity index (χ2n) is 4.09. The molecule has 2 rings (SSSR count). The van der Waals surface area contributed by atoms with Crippen molar-refractivity contribution in [1.82, 2.24) is 10.4 Å². The first kappa shape index (κ1) is 14.6. The van der Waals surface area contributed by atoms with Gasteiger partial charge in [0.25, 0.3) is 0 Å². The smallest absolute Gasteiger partial charge is 0.374 e. The van der Waals surface area contributed by atoms with Crippen molar-refractivity contribution in [3.05, 3.63) is 29.6 Å². The van der Waals surface area contributed by atoms with Gasteiger partial charge in [-0.25, -0.2) is 0 Å². The van der Waals surface area contributed by atoms with E-state index in [1.165, 1.54) is 6.20 Å². The fraction of sp³-hybridized carbons (Fsp3) is 0.545. The van der Waals surface area contributed by atoms with Crippen LogP contribution in [-0.2, 0) is 10.9 Å². The summed E-state index contributed by atoms with van der Waals surface area (Å²) in [5.74, 6) is 6.85. The summed E-state index contributed by atoms with van der Waals surface area (Å²) >= 11 is 1.63. The normalized spacial score (nSPS) is 22.2. The number of hydrogen-bond acceptors (Lipinski definition) is 5. The van der Waals surface area contributed by atoms with Gasteiger partial charge in [0.05, 0.1) is 24.3 Å². The minimum atomic E-state index is -4.44. The van der Waals surface area contributed by atoms with Crippen LogP contribution in [0.3, 0.4) is 0 Å². The molecule has 1 fully saturated rings. The molecule has 4 nitrogen and oxygen atoms in total. The number of nitrogens with one attached hydrogen (secondary N) is 1. The standard InChI is InChI=1S/C11H14F3N3OS/c12-11(13,14)8-1-2-16-5-7(8)10(17-15)9-6-19-4-3-18-9/h1-2,5,9-10,17H,3-4,6,15H2. The molecule has 3 N–H and O–H groups in total. The summed E-state index contributed by atoms with van der Waals surface area (Å²) in [4.78, 5) is 3.76. The van der Waals surface area contributed by atoms with Crippen molar-refractivity contribution in [2.45, 2.75) is 18.3 Å². The summed E-state index contributed by atoms with van der Waals surface area (Å²) in [5, 5.41) is 0. The van der Waals surface area contributed by atoms with Crippen LogP contribution in [0.2, 0.25) is 0 Å². The maximum absolute atomic E-state index is 13.0. The van der Waals surface area contributed by atoms with E-state index >= 15 is 0 Å². The molecule has 1 aliphatic rings. The fourth-order valence-electron chi connectivity index (χ4n) is 2.01. The van der Waals surface area contributed by atoms with Gasteiger partial charge in [0, 0.05) is 29.5 Å². The number of hydrazine groups is 1. The maximum atomic E-state index is 13.0. The number of thioether (sulfide) groups is 1. The highest BCUT2D eigenvalue weighted by Gasteiger charge is 2.37. The van der Waals surface area contributed by atoms with E-state index in [2.05, 4.69) is 10.4 Å². The first-order valence-electron chi connectivity index (χ1n) is 5.70. The maximum Gasteiger partial charge on any atom is 0.416 e. The monoisotopic (exact) mass is 293 g/mol. The zero-order valence-electron chi connectivity index (χ0n) is 9.98. The van der Waals surface area contributed by atoms with Crippen LogP contribution in [0.25, 0.3) is 0 Å². The third-order valence-corrected chi connectivity index (χ3v) is 3.90. The van der Waals surface area contributed by atoms with Crippen molar-refractivity contribution < 1.29 is 17.9 Å². The second-order valence-corrected chi connectivity index (χ2v) is 5.24. The summed E-state index contributed by atoms with van der Waals surface area (Å²) in [7, 11) is 0. The Morgan fingerprint density at radius 2 is 2.32 bits per heavy atom. The van der Waals surface area contributed by atoms with Crippen molar-refractivity contribution >= 4 is 11.8 Å². The highest BCUT2D eigenvalue weighted by atomic mass is 32.2. The number of nitrogens with zero attached hydrogens (tertiary/aromatic N) is 1. The van der Waals surface area contributed by atoms with Gasteiger partial charge in [0.15, 0.2) is 0 Å². The molecule has 2 atom stereocenters. The predicted octanol–water partition coefficient (Wildman–Crippen LogP) is 1.74. The molecule has 0 spiro atoms. The molecule has 0 aliphatic carbocycles. The molecule has 1 aliphatic heterocycles. The predicted molar refractivity (Wildman–Crippen MR) is 66.4 cm³/mol. The number of ether oxygens (including phenoxy) is 1. The highest BCUT2D eigenvalue weighted by Crippen LogP contribution is 2.36. The lowest BCUT2D eigenvalue weighted by Gasteiger charge is -2.31. The van der Waals surface area contributed by atoms with E-state index in [0.29, 0.717) is 12.4 Å². The highest BCUT2D eigenvalue weighted by molar-refractivity contribution is 7.99. The van der Waals surface area contributed by atoms with Crippen LogP contribution in [-0.4, -0.2) is 29.2 Å². The van der Waals surface area contributed by atoms with Crippen molar-refractivity contribution in [3.8, 4) is 0 Å². The van der Waals surface area contributed by atoms with Crippen molar-refractivity contribution in [3.63, 3.8) is 0 Å². The molecule has 19 heavy (non-hydrogen) atoms. The van der Waals surface area contributed by atoms with Crippen LogP contribution in [0, 0.1) is 0 Å². The van der Waals surface area contributed by atoms with Crippen LogP contribution in [0.15, 0.2) is 18.5 Å². The van der Waals surface area contributed by atoms with Gasteiger partial charge in [0.2, 0.25) is 0 Å². The first-order valence-corrected chi connectivity index (χ1v) is 6.86. The molecule has 0 radical (unpaired) electrons. The van der Waals surface area contributed by atoms with Crippen molar-refractivity contribution in [2.24, 2.45) is 5.84 Å². The average Bonchev–Trinajstić information content (AvgIpc) is 2.40. The number of alkyl halides is 3. The number of pyridine rings is 1. The Labute approximate surface area is 112 Å². The number of nitrogens with two attached hydrogens (primary N) is 1. The molecule has 106 valence electrons. The number of rotatable bonds is 3. The Hall–Kier alpha value is -0.830. The molecular weight excluding hydrogens is 279 g/mol. The lowest BCUT2D eigenvalue weighted by molar-refractivity contribution is -0.138. The molecule has 0 bridgehead atoms. The second kappa shape index (κ2) is 6.08. The Morgan fingerprint density at radius 1 is 1.53 bits per heavy atom. The van der Waals surface area contributed by atoms with E-state index in [4.69, 9.17) is 10.6 Å². The van der Waals surface area contributed by atoms with Gasteiger partial charge in [0.1, 0.15) is 0 Å². The molecule has 1 saturated heterocycles. The van der Waals surface area contributed by atoms with E-state index < -0.39 is 23.9 Å². The van der Waals surface area contributed by atoms with E-state index in [0.717, 1.165) is 18.0 Å². The van der Waals surface area contributed by atoms with Crippen LogP contribution >= 0.6 is 11.8 Å². The summed E-state index contributed by atoms with van der Waals surface area (Å²) < 4.78 is 44.4.